The van der Waals surface area contributed by atoms with Gasteiger partial charge in [-0.25, -0.2) is 4.79 Å². The number of nitrogens with two attached hydrogens (primary N) is 1. The third kappa shape index (κ3) is 2.65. The van der Waals surface area contributed by atoms with E-state index >= 15 is 0 Å². The molecule has 0 aliphatic rings. The Morgan fingerprint density at radius 3 is 2.86 bits per heavy atom. The number of amides is 2. The number of nitrogens with one attached hydrogen (secondary N) is 1. The average Bonchev–Trinajstić information content (AvgIpc) is 2.16. The van der Waals surface area contributed by atoms with Gasteiger partial charge in [-0.1, -0.05) is 6.07 Å². The van der Waals surface area contributed by atoms with Crippen molar-refractivity contribution in [2.24, 2.45) is 0 Å². The highest BCUT2D eigenvalue weighted by molar-refractivity contribution is 5.89. The molecule has 0 saturated carbocycles. The van der Waals surface area contributed by atoms with E-state index in [0.29, 0.717) is 12.2 Å². The third-order valence-corrected chi connectivity index (χ3v) is 1.96. The number of carbonyl (C=O) groups is 1. The summed E-state index contributed by atoms with van der Waals surface area (Å²) in [6.07, 6.45) is 0. The Kier molecular flexibility index (Phi) is 3.34. The highest BCUT2D eigenvalue weighted by Crippen LogP contribution is 2.11. The molecule has 0 fully saturated rings. The molecule has 0 unspecified atom stereocenters. The molecule has 0 aliphatic carbocycles. The minimum absolute atomic E-state index is 0.127. The number of carbonyl (C=O) groups excluding carboxylic acids is 1. The molecule has 0 aliphatic heterocycles. The second-order valence-corrected chi connectivity index (χ2v) is 3.07. The van der Waals surface area contributed by atoms with Crippen LogP contribution in [-0.2, 0) is 0 Å². The second-order valence-electron chi connectivity index (χ2n) is 3.07. The summed E-state index contributed by atoms with van der Waals surface area (Å²) in [5.74, 6) is 0. The first kappa shape index (κ1) is 10.4. The summed E-state index contributed by atoms with van der Waals surface area (Å²) < 4.78 is 0. The van der Waals surface area contributed by atoms with Gasteiger partial charge in [0.15, 0.2) is 0 Å². The molecule has 0 aromatic heterocycles. The molecule has 14 heavy (non-hydrogen) atoms. The van der Waals surface area contributed by atoms with Gasteiger partial charge < -0.3 is 16.0 Å². The molecular formula is C10H15N3O. The fraction of sp³-hybridized carbons (Fsp3) is 0.300. The molecule has 0 atom stereocenters. The highest BCUT2D eigenvalue weighted by atomic mass is 16.2. The smallest absolute Gasteiger partial charge is 0.321 e. The van der Waals surface area contributed by atoms with Crippen LogP contribution in [0.2, 0.25) is 0 Å². The zero-order valence-corrected chi connectivity index (χ0v) is 8.45. The minimum atomic E-state index is -0.127. The largest absolute Gasteiger partial charge is 0.399 e. The molecule has 1 aromatic carbocycles. The van der Waals surface area contributed by atoms with Crippen molar-refractivity contribution in [3.8, 4) is 0 Å². The molecule has 0 spiro atoms. The first-order chi connectivity index (χ1) is 6.63. The van der Waals surface area contributed by atoms with Crippen LogP contribution in [0.25, 0.3) is 0 Å². The van der Waals surface area contributed by atoms with Crippen molar-refractivity contribution < 1.29 is 4.79 Å². The van der Waals surface area contributed by atoms with Crippen LogP contribution in [0.3, 0.4) is 0 Å². The van der Waals surface area contributed by atoms with Crippen molar-refractivity contribution in [2.45, 2.75) is 6.92 Å². The van der Waals surface area contributed by atoms with E-state index in [9.17, 15) is 4.79 Å². The average molecular weight is 193 g/mol. The lowest BCUT2D eigenvalue weighted by molar-refractivity contribution is 0.224. The summed E-state index contributed by atoms with van der Waals surface area (Å²) in [5.41, 5.74) is 6.94. The van der Waals surface area contributed by atoms with Gasteiger partial charge in [-0.3, -0.25) is 0 Å². The Bertz CT molecular complexity index is 325. The van der Waals surface area contributed by atoms with Gasteiger partial charge in [0.25, 0.3) is 0 Å². The quantitative estimate of drug-likeness (QED) is 0.703. The number of hydrogen-bond donors (Lipinski definition) is 2. The van der Waals surface area contributed by atoms with Crippen LogP contribution in [0.15, 0.2) is 24.3 Å². The van der Waals surface area contributed by atoms with Crippen LogP contribution in [0.5, 0.6) is 0 Å². The summed E-state index contributed by atoms with van der Waals surface area (Å²) in [7, 11) is 1.74. The van der Waals surface area contributed by atoms with Gasteiger partial charge in [0.1, 0.15) is 0 Å². The normalized spacial score (nSPS) is 9.57. The van der Waals surface area contributed by atoms with Gasteiger partial charge in [-0.15, -0.1) is 0 Å². The predicted molar refractivity (Wildman–Crippen MR) is 58.2 cm³/mol. The minimum Gasteiger partial charge on any atom is -0.399 e. The van der Waals surface area contributed by atoms with Crippen molar-refractivity contribution in [2.75, 3.05) is 24.6 Å². The standard InChI is InChI=1S/C10H15N3O/c1-3-13(2)10(14)12-9-6-4-5-8(11)7-9/h4-7H,3,11H2,1-2H3,(H,12,14). The van der Waals surface area contributed by atoms with Gasteiger partial charge in [-0.2, -0.15) is 0 Å². The lowest BCUT2D eigenvalue weighted by Gasteiger charge is -2.15. The maximum atomic E-state index is 11.4. The van der Waals surface area contributed by atoms with E-state index in [1.807, 2.05) is 6.92 Å². The van der Waals surface area contributed by atoms with Crippen molar-refractivity contribution >= 4 is 17.4 Å². The molecule has 0 bridgehead atoms. The molecular weight excluding hydrogens is 178 g/mol. The summed E-state index contributed by atoms with van der Waals surface area (Å²) >= 11 is 0. The van der Waals surface area contributed by atoms with E-state index in [4.69, 9.17) is 5.73 Å². The van der Waals surface area contributed by atoms with E-state index < -0.39 is 0 Å². The van der Waals surface area contributed by atoms with Crippen molar-refractivity contribution in [1.82, 2.24) is 4.90 Å². The SMILES string of the molecule is CCN(C)C(=O)Nc1cccc(N)c1. The Morgan fingerprint density at radius 2 is 2.29 bits per heavy atom. The van der Waals surface area contributed by atoms with Crippen LogP contribution in [0.4, 0.5) is 16.2 Å². The number of rotatable bonds is 2. The van der Waals surface area contributed by atoms with Crippen LogP contribution in [0, 0.1) is 0 Å². The zero-order chi connectivity index (χ0) is 10.6. The van der Waals surface area contributed by atoms with Crippen molar-refractivity contribution in [3.05, 3.63) is 24.3 Å². The van der Waals surface area contributed by atoms with Gasteiger partial charge in [-0.05, 0) is 25.1 Å². The monoisotopic (exact) mass is 193 g/mol. The fourth-order valence-electron chi connectivity index (χ4n) is 0.979. The molecule has 0 saturated heterocycles. The van der Waals surface area contributed by atoms with E-state index in [-0.39, 0.29) is 6.03 Å². The van der Waals surface area contributed by atoms with E-state index in [0.717, 1.165) is 5.69 Å². The van der Waals surface area contributed by atoms with Crippen LogP contribution >= 0.6 is 0 Å². The van der Waals surface area contributed by atoms with Gasteiger partial charge in [0.2, 0.25) is 0 Å². The lowest BCUT2D eigenvalue weighted by Crippen LogP contribution is -2.30. The molecule has 76 valence electrons. The summed E-state index contributed by atoms with van der Waals surface area (Å²) in [5, 5.41) is 2.74. The molecule has 1 rings (SSSR count). The second kappa shape index (κ2) is 4.50. The highest BCUT2D eigenvalue weighted by Gasteiger charge is 2.05. The lowest BCUT2D eigenvalue weighted by atomic mass is 10.3. The molecule has 3 N–H and O–H groups in total. The van der Waals surface area contributed by atoms with E-state index in [1.54, 1.807) is 36.2 Å². The summed E-state index contributed by atoms with van der Waals surface area (Å²) in [6.45, 7) is 2.59. The Hall–Kier alpha value is -1.71. The van der Waals surface area contributed by atoms with Crippen LogP contribution in [-0.4, -0.2) is 24.5 Å². The molecule has 2 amide bonds. The first-order valence-electron chi connectivity index (χ1n) is 4.51. The maximum absolute atomic E-state index is 11.4. The van der Waals surface area contributed by atoms with Crippen LogP contribution in [0.1, 0.15) is 6.92 Å². The topological polar surface area (TPSA) is 58.4 Å². The molecule has 4 heteroatoms. The van der Waals surface area contributed by atoms with Gasteiger partial charge >= 0.3 is 6.03 Å². The molecule has 4 nitrogen and oxygen atoms in total. The van der Waals surface area contributed by atoms with Crippen molar-refractivity contribution in [1.29, 1.82) is 0 Å². The molecule has 0 heterocycles. The summed E-state index contributed by atoms with van der Waals surface area (Å²) in [6, 6.07) is 6.98. The van der Waals surface area contributed by atoms with Gasteiger partial charge in [0.05, 0.1) is 0 Å². The Morgan fingerprint density at radius 1 is 1.57 bits per heavy atom. The van der Waals surface area contributed by atoms with E-state index in [2.05, 4.69) is 5.32 Å². The van der Waals surface area contributed by atoms with E-state index in [1.165, 1.54) is 0 Å². The number of urea groups is 1. The molecule has 1 aromatic rings. The fourth-order valence-corrected chi connectivity index (χ4v) is 0.979. The van der Waals surface area contributed by atoms with Crippen molar-refractivity contribution in [3.63, 3.8) is 0 Å². The van der Waals surface area contributed by atoms with Crippen LogP contribution < -0.4 is 11.1 Å². The maximum Gasteiger partial charge on any atom is 0.321 e. The summed E-state index contributed by atoms with van der Waals surface area (Å²) in [4.78, 5) is 13.0. The number of nitrogen functional groups attached to an aromatic ring is 1. The third-order valence-electron chi connectivity index (χ3n) is 1.96. The predicted octanol–water partition coefficient (Wildman–Crippen LogP) is 1.75. The number of benzene rings is 1. The number of hydrogen-bond acceptors (Lipinski definition) is 2. The Labute approximate surface area is 83.7 Å². The van der Waals surface area contributed by atoms with Gasteiger partial charge in [0, 0.05) is 25.0 Å². The number of anilines is 2. The Balaban J connectivity index is 2.65. The zero-order valence-electron chi connectivity index (χ0n) is 8.45. The first-order valence-corrected chi connectivity index (χ1v) is 4.51. The number of nitrogens with zero attached hydrogens (tertiary/aromatic N) is 1. The molecule has 0 radical (unpaired) electrons.